The van der Waals surface area contributed by atoms with E-state index in [2.05, 4.69) is 0 Å². The van der Waals surface area contributed by atoms with E-state index in [1.807, 2.05) is 16.7 Å². The lowest BCUT2D eigenvalue weighted by Crippen LogP contribution is -2.50. The van der Waals surface area contributed by atoms with Crippen LogP contribution in [0.2, 0.25) is 0 Å². The van der Waals surface area contributed by atoms with Crippen LogP contribution in [0.4, 0.5) is 0 Å². The molecule has 0 aromatic heterocycles. The molecule has 5 nitrogen and oxygen atoms in total. The lowest BCUT2D eigenvalue weighted by Gasteiger charge is -2.35. The van der Waals surface area contributed by atoms with Crippen LogP contribution in [0.15, 0.2) is 0 Å². The van der Waals surface area contributed by atoms with Crippen molar-refractivity contribution < 1.29 is 14.3 Å². The summed E-state index contributed by atoms with van der Waals surface area (Å²) in [5.41, 5.74) is 0. The molecule has 1 aliphatic carbocycles. The van der Waals surface area contributed by atoms with Gasteiger partial charge in [0, 0.05) is 25.6 Å². The third-order valence-electron chi connectivity index (χ3n) is 5.17. The van der Waals surface area contributed by atoms with E-state index >= 15 is 0 Å². The van der Waals surface area contributed by atoms with Crippen LogP contribution < -0.4 is 0 Å². The number of nitrogens with zero attached hydrogens (tertiary/aromatic N) is 2. The molecule has 21 heavy (non-hydrogen) atoms. The number of amides is 2. The van der Waals surface area contributed by atoms with Crippen molar-refractivity contribution in [3.05, 3.63) is 0 Å². The van der Waals surface area contributed by atoms with E-state index in [9.17, 15) is 9.59 Å². The normalized spacial score (nSPS) is 31.8. The summed E-state index contributed by atoms with van der Waals surface area (Å²) >= 11 is 0. The molecule has 2 amide bonds. The summed E-state index contributed by atoms with van der Waals surface area (Å²) in [5, 5.41) is 0. The first-order valence-corrected chi connectivity index (χ1v) is 8.34. The van der Waals surface area contributed by atoms with Crippen molar-refractivity contribution in [1.29, 1.82) is 0 Å². The Labute approximate surface area is 126 Å². The maximum atomic E-state index is 12.7. The Hall–Kier alpha value is -1.10. The van der Waals surface area contributed by atoms with Gasteiger partial charge in [-0.2, -0.15) is 0 Å². The van der Waals surface area contributed by atoms with Gasteiger partial charge in [0.1, 0.15) is 0 Å². The van der Waals surface area contributed by atoms with Crippen LogP contribution >= 0.6 is 0 Å². The summed E-state index contributed by atoms with van der Waals surface area (Å²) in [4.78, 5) is 28.9. The van der Waals surface area contributed by atoms with Gasteiger partial charge in [0.05, 0.1) is 25.2 Å². The molecule has 0 bridgehead atoms. The number of ether oxygens (including phenoxy) is 1. The highest BCUT2D eigenvalue weighted by Crippen LogP contribution is 2.29. The maximum Gasteiger partial charge on any atom is 0.228 e. The van der Waals surface area contributed by atoms with Crippen LogP contribution in [0.25, 0.3) is 0 Å². The second-order valence-corrected chi connectivity index (χ2v) is 6.69. The van der Waals surface area contributed by atoms with E-state index in [-0.39, 0.29) is 23.8 Å². The molecule has 3 aliphatic rings. The monoisotopic (exact) mass is 294 g/mol. The average molecular weight is 294 g/mol. The van der Waals surface area contributed by atoms with E-state index in [4.69, 9.17) is 4.74 Å². The Kier molecular flexibility index (Phi) is 4.48. The highest BCUT2D eigenvalue weighted by molar-refractivity contribution is 5.89. The molecule has 2 saturated heterocycles. The molecule has 0 aromatic rings. The van der Waals surface area contributed by atoms with Crippen LogP contribution in [0.1, 0.15) is 45.4 Å². The van der Waals surface area contributed by atoms with Gasteiger partial charge in [-0.1, -0.05) is 19.3 Å². The quantitative estimate of drug-likeness (QED) is 0.774. The number of carbonyl (C=O) groups excluding carboxylic acids is 2. The largest absolute Gasteiger partial charge is 0.377 e. The fourth-order valence-electron chi connectivity index (χ4n) is 3.93. The van der Waals surface area contributed by atoms with Gasteiger partial charge in [-0.05, 0) is 19.8 Å². The number of likely N-dealkylation sites (tertiary alicyclic amines) is 1. The topological polar surface area (TPSA) is 49.9 Å². The van der Waals surface area contributed by atoms with Crippen molar-refractivity contribution in [1.82, 2.24) is 9.80 Å². The highest BCUT2D eigenvalue weighted by Gasteiger charge is 2.40. The summed E-state index contributed by atoms with van der Waals surface area (Å²) in [6.07, 6.45) is 6.34. The molecule has 0 aromatic carbocycles. The fraction of sp³-hybridized carbons (Fsp3) is 0.875. The third kappa shape index (κ3) is 3.07. The fourth-order valence-corrected chi connectivity index (χ4v) is 3.93. The lowest BCUT2D eigenvalue weighted by molar-refractivity contribution is -0.143. The summed E-state index contributed by atoms with van der Waals surface area (Å²) < 4.78 is 5.39. The van der Waals surface area contributed by atoms with Gasteiger partial charge in [-0.3, -0.25) is 9.59 Å². The van der Waals surface area contributed by atoms with Crippen LogP contribution in [0.5, 0.6) is 0 Å². The van der Waals surface area contributed by atoms with Crippen molar-refractivity contribution in [2.24, 2.45) is 5.92 Å². The molecule has 0 N–H and O–H groups in total. The Balaban J connectivity index is 1.62. The standard InChI is InChI=1S/C16H26N2O3/c1-12-11-21-8-7-17(12)16(20)13-9-15(19)18(10-13)14-5-3-2-4-6-14/h12-14H,2-11H2,1H3. The second-order valence-electron chi connectivity index (χ2n) is 6.69. The molecule has 2 unspecified atom stereocenters. The van der Waals surface area contributed by atoms with Gasteiger partial charge in [0.2, 0.25) is 11.8 Å². The Morgan fingerprint density at radius 1 is 1.24 bits per heavy atom. The Bertz CT molecular complexity index is 406. The van der Waals surface area contributed by atoms with Gasteiger partial charge < -0.3 is 14.5 Å². The summed E-state index contributed by atoms with van der Waals surface area (Å²) in [7, 11) is 0. The van der Waals surface area contributed by atoms with Gasteiger partial charge in [0.15, 0.2) is 0 Å². The molecule has 3 fully saturated rings. The third-order valence-corrected chi connectivity index (χ3v) is 5.17. The van der Waals surface area contributed by atoms with Gasteiger partial charge in [0.25, 0.3) is 0 Å². The molecular formula is C16H26N2O3. The van der Waals surface area contributed by atoms with Crippen LogP contribution in [0.3, 0.4) is 0 Å². The minimum absolute atomic E-state index is 0.130. The van der Waals surface area contributed by atoms with Crippen molar-refractivity contribution in [2.45, 2.75) is 57.5 Å². The van der Waals surface area contributed by atoms with Crippen molar-refractivity contribution in [3.8, 4) is 0 Å². The molecular weight excluding hydrogens is 268 g/mol. The first-order chi connectivity index (χ1) is 10.2. The number of morpholine rings is 1. The van der Waals surface area contributed by atoms with Crippen LogP contribution in [-0.2, 0) is 14.3 Å². The predicted molar refractivity (Wildman–Crippen MR) is 78.7 cm³/mol. The molecule has 1 saturated carbocycles. The minimum atomic E-state index is -0.139. The summed E-state index contributed by atoms with van der Waals surface area (Å²) in [6, 6.07) is 0.510. The van der Waals surface area contributed by atoms with Crippen LogP contribution in [0, 0.1) is 5.92 Å². The number of rotatable bonds is 2. The zero-order chi connectivity index (χ0) is 14.8. The number of hydrogen-bond donors (Lipinski definition) is 0. The average Bonchev–Trinajstić information content (AvgIpc) is 2.90. The molecule has 3 rings (SSSR count). The highest BCUT2D eigenvalue weighted by atomic mass is 16.5. The molecule has 0 radical (unpaired) electrons. The van der Waals surface area contributed by atoms with E-state index in [1.165, 1.54) is 19.3 Å². The first-order valence-electron chi connectivity index (χ1n) is 8.34. The SMILES string of the molecule is CC1COCCN1C(=O)C1CC(=O)N(C2CCCCC2)C1. The molecule has 0 spiro atoms. The maximum absolute atomic E-state index is 12.7. The number of carbonyl (C=O) groups is 2. The van der Waals surface area contributed by atoms with Crippen LogP contribution in [-0.4, -0.2) is 60.0 Å². The Morgan fingerprint density at radius 3 is 2.71 bits per heavy atom. The molecule has 118 valence electrons. The lowest BCUT2D eigenvalue weighted by atomic mass is 9.94. The van der Waals surface area contributed by atoms with E-state index in [0.29, 0.717) is 38.8 Å². The van der Waals surface area contributed by atoms with Crippen molar-refractivity contribution in [3.63, 3.8) is 0 Å². The zero-order valence-corrected chi connectivity index (χ0v) is 12.9. The number of hydrogen-bond acceptors (Lipinski definition) is 3. The molecule has 2 heterocycles. The Morgan fingerprint density at radius 2 is 2.00 bits per heavy atom. The smallest absolute Gasteiger partial charge is 0.228 e. The van der Waals surface area contributed by atoms with Gasteiger partial charge in [-0.15, -0.1) is 0 Å². The zero-order valence-electron chi connectivity index (χ0n) is 12.9. The van der Waals surface area contributed by atoms with Gasteiger partial charge in [-0.25, -0.2) is 0 Å². The summed E-state index contributed by atoms with van der Waals surface area (Å²) in [5.74, 6) is 0.193. The van der Waals surface area contributed by atoms with Gasteiger partial charge >= 0.3 is 0 Å². The van der Waals surface area contributed by atoms with E-state index in [0.717, 1.165) is 12.8 Å². The molecule has 2 aliphatic heterocycles. The first kappa shape index (κ1) is 14.8. The van der Waals surface area contributed by atoms with E-state index < -0.39 is 0 Å². The predicted octanol–water partition coefficient (Wildman–Crippen LogP) is 1.41. The van der Waals surface area contributed by atoms with E-state index in [1.54, 1.807) is 0 Å². The second kappa shape index (κ2) is 6.34. The minimum Gasteiger partial charge on any atom is -0.377 e. The van der Waals surface area contributed by atoms with Crippen molar-refractivity contribution >= 4 is 11.8 Å². The molecule has 2 atom stereocenters. The molecule has 5 heteroatoms. The summed E-state index contributed by atoms with van der Waals surface area (Å²) in [6.45, 7) is 4.54. The van der Waals surface area contributed by atoms with Crippen molar-refractivity contribution in [2.75, 3.05) is 26.3 Å².